The van der Waals surface area contributed by atoms with Gasteiger partial charge in [0.15, 0.2) is 0 Å². The standard InChI is InChI=1S/C11H12F3N/c1-8-6-7-9-4-2-3-5-10(9)15(8)11(12,13)14/h2-5,8H,6-7H2,1H3. The molecule has 15 heavy (non-hydrogen) atoms. The van der Waals surface area contributed by atoms with Crippen LogP contribution in [-0.2, 0) is 6.42 Å². The van der Waals surface area contributed by atoms with Gasteiger partial charge in [-0.15, -0.1) is 0 Å². The van der Waals surface area contributed by atoms with Gasteiger partial charge in [-0.05, 0) is 31.4 Å². The first-order valence-corrected chi connectivity index (χ1v) is 4.94. The molecule has 1 aromatic carbocycles. The maximum absolute atomic E-state index is 12.8. The predicted molar refractivity (Wildman–Crippen MR) is 52.8 cm³/mol. The van der Waals surface area contributed by atoms with Crippen LogP contribution < -0.4 is 4.90 Å². The highest BCUT2D eigenvalue weighted by atomic mass is 19.4. The molecule has 0 amide bonds. The van der Waals surface area contributed by atoms with Crippen LogP contribution in [-0.4, -0.2) is 12.3 Å². The van der Waals surface area contributed by atoms with Gasteiger partial charge < -0.3 is 0 Å². The second kappa shape index (κ2) is 3.43. The molecule has 1 heterocycles. The molecular formula is C11H12F3N. The number of nitrogens with zero attached hydrogens (tertiary/aromatic N) is 1. The lowest BCUT2D eigenvalue weighted by Crippen LogP contribution is -2.47. The van der Waals surface area contributed by atoms with Gasteiger partial charge in [-0.1, -0.05) is 18.2 Å². The molecule has 82 valence electrons. The van der Waals surface area contributed by atoms with Gasteiger partial charge in [-0.3, -0.25) is 4.90 Å². The van der Waals surface area contributed by atoms with Crippen molar-refractivity contribution in [3.05, 3.63) is 29.8 Å². The van der Waals surface area contributed by atoms with E-state index in [-0.39, 0.29) is 0 Å². The van der Waals surface area contributed by atoms with Crippen molar-refractivity contribution in [3.63, 3.8) is 0 Å². The van der Waals surface area contributed by atoms with Crippen molar-refractivity contribution in [2.45, 2.75) is 32.1 Å². The summed E-state index contributed by atoms with van der Waals surface area (Å²) in [5.74, 6) is 0. The van der Waals surface area contributed by atoms with Crippen LogP contribution in [0.1, 0.15) is 18.9 Å². The van der Waals surface area contributed by atoms with Crippen LogP contribution >= 0.6 is 0 Å². The fraction of sp³-hybridized carbons (Fsp3) is 0.455. The zero-order valence-corrected chi connectivity index (χ0v) is 8.38. The summed E-state index contributed by atoms with van der Waals surface area (Å²) in [7, 11) is 0. The molecular weight excluding hydrogens is 203 g/mol. The van der Waals surface area contributed by atoms with E-state index in [9.17, 15) is 13.2 Å². The first kappa shape index (κ1) is 10.3. The van der Waals surface area contributed by atoms with Crippen LogP contribution in [0.15, 0.2) is 24.3 Å². The van der Waals surface area contributed by atoms with Crippen molar-refractivity contribution in [1.82, 2.24) is 0 Å². The van der Waals surface area contributed by atoms with Crippen LogP contribution in [0.25, 0.3) is 0 Å². The summed E-state index contributed by atoms with van der Waals surface area (Å²) in [4.78, 5) is 0.561. The summed E-state index contributed by atoms with van der Waals surface area (Å²) in [5.41, 5.74) is 1.09. The number of anilines is 1. The Morgan fingerprint density at radius 3 is 2.60 bits per heavy atom. The number of rotatable bonds is 0. The van der Waals surface area contributed by atoms with Crippen molar-refractivity contribution >= 4 is 5.69 Å². The van der Waals surface area contributed by atoms with E-state index in [1.807, 2.05) is 0 Å². The Kier molecular flexibility index (Phi) is 2.37. The molecule has 2 rings (SSSR count). The molecule has 4 heteroatoms. The van der Waals surface area contributed by atoms with Crippen molar-refractivity contribution in [2.24, 2.45) is 0 Å². The smallest absolute Gasteiger partial charge is 0.281 e. The van der Waals surface area contributed by atoms with E-state index in [0.717, 1.165) is 12.0 Å². The molecule has 1 aromatic rings. The molecule has 1 aliphatic rings. The maximum Gasteiger partial charge on any atom is 0.485 e. The van der Waals surface area contributed by atoms with Gasteiger partial charge in [0.05, 0.1) is 0 Å². The number of hydrogen-bond donors (Lipinski definition) is 0. The van der Waals surface area contributed by atoms with Crippen LogP contribution in [0.3, 0.4) is 0 Å². The van der Waals surface area contributed by atoms with Crippen LogP contribution in [0.4, 0.5) is 18.9 Å². The first-order valence-electron chi connectivity index (χ1n) is 4.94. The number of fused-ring (bicyclic) bond motifs is 1. The normalized spacial score (nSPS) is 21.3. The van der Waals surface area contributed by atoms with Crippen LogP contribution in [0.2, 0.25) is 0 Å². The second-order valence-electron chi connectivity index (χ2n) is 3.85. The third kappa shape index (κ3) is 1.80. The number of benzene rings is 1. The lowest BCUT2D eigenvalue weighted by molar-refractivity contribution is -0.135. The molecule has 0 aromatic heterocycles. The van der Waals surface area contributed by atoms with E-state index in [1.54, 1.807) is 31.2 Å². The van der Waals surface area contributed by atoms with Crippen molar-refractivity contribution in [3.8, 4) is 0 Å². The summed E-state index contributed by atoms with van der Waals surface area (Å²) in [6.45, 7) is 1.61. The molecule has 0 radical (unpaired) electrons. The van der Waals surface area contributed by atoms with Gasteiger partial charge in [0.2, 0.25) is 0 Å². The monoisotopic (exact) mass is 215 g/mol. The number of halogens is 3. The van der Waals surface area contributed by atoms with E-state index in [0.29, 0.717) is 17.0 Å². The molecule has 1 aliphatic heterocycles. The highest BCUT2D eigenvalue weighted by Gasteiger charge is 2.42. The Hall–Kier alpha value is -1.19. The molecule has 1 nitrogen and oxygen atoms in total. The summed E-state index contributed by atoms with van der Waals surface area (Å²) >= 11 is 0. The zero-order valence-electron chi connectivity index (χ0n) is 8.38. The van der Waals surface area contributed by atoms with Gasteiger partial charge in [-0.2, -0.15) is 13.2 Å². The Labute approximate surface area is 86.5 Å². The topological polar surface area (TPSA) is 3.24 Å². The number of alkyl halides is 3. The Bertz CT molecular complexity index is 359. The number of hydrogen-bond acceptors (Lipinski definition) is 1. The molecule has 1 unspecified atom stereocenters. The summed E-state index contributed by atoms with van der Waals surface area (Å²) in [5, 5.41) is 0. The minimum atomic E-state index is -4.28. The molecule has 0 fully saturated rings. The Morgan fingerprint density at radius 2 is 1.93 bits per heavy atom. The third-order valence-electron chi connectivity index (χ3n) is 2.80. The van der Waals surface area contributed by atoms with Crippen molar-refractivity contribution in [2.75, 3.05) is 4.90 Å². The minimum absolute atomic E-state index is 0.309. The quantitative estimate of drug-likeness (QED) is 0.600. The average molecular weight is 215 g/mol. The molecule has 0 aliphatic carbocycles. The molecule has 0 N–H and O–H groups in total. The lowest BCUT2D eigenvalue weighted by atomic mass is 9.97. The highest BCUT2D eigenvalue weighted by Crippen LogP contribution is 2.37. The highest BCUT2D eigenvalue weighted by molar-refractivity contribution is 5.56. The van der Waals surface area contributed by atoms with Gasteiger partial charge in [-0.25, -0.2) is 0 Å². The van der Waals surface area contributed by atoms with Crippen molar-refractivity contribution < 1.29 is 13.2 Å². The summed E-state index contributed by atoms with van der Waals surface area (Å²) in [6.07, 6.45) is -3.00. The van der Waals surface area contributed by atoms with E-state index in [2.05, 4.69) is 0 Å². The van der Waals surface area contributed by atoms with Gasteiger partial charge in [0, 0.05) is 11.7 Å². The van der Waals surface area contributed by atoms with Crippen LogP contribution in [0.5, 0.6) is 0 Å². The molecule has 1 atom stereocenters. The number of aryl methyl sites for hydroxylation is 1. The molecule has 0 saturated carbocycles. The average Bonchev–Trinajstić information content (AvgIpc) is 2.15. The van der Waals surface area contributed by atoms with Crippen LogP contribution in [0, 0.1) is 0 Å². The SMILES string of the molecule is CC1CCc2ccccc2N1C(F)(F)F. The summed E-state index contributed by atoms with van der Waals surface area (Å²) < 4.78 is 38.4. The largest absolute Gasteiger partial charge is 0.485 e. The van der Waals surface area contributed by atoms with E-state index in [4.69, 9.17) is 0 Å². The summed E-state index contributed by atoms with van der Waals surface area (Å²) in [6, 6.07) is 6.26. The van der Waals surface area contributed by atoms with E-state index < -0.39 is 12.3 Å². The van der Waals surface area contributed by atoms with Crippen molar-refractivity contribution in [1.29, 1.82) is 0 Å². The maximum atomic E-state index is 12.8. The molecule has 0 spiro atoms. The minimum Gasteiger partial charge on any atom is -0.281 e. The van der Waals surface area contributed by atoms with Gasteiger partial charge >= 0.3 is 6.30 Å². The molecule has 0 bridgehead atoms. The lowest BCUT2D eigenvalue weighted by Gasteiger charge is -2.37. The Morgan fingerprint density at radius 1 is 1.27 bits per heavy atom. The Balaban J connectivity index is 2.46. The molecule has 0 saturated heterocycles. The van der Waals surface area contributed by atoms with E-state index >= 15 is 0 Å². The zero-order chi connectivity index (χ0) is 11.1. The number of para-hydroxylation sites is 1. The predicted octanol–water partition coefficient (Wildman–Crippen LogP) is 3.35. The van der Waals surface area contributed by atoms with Gasteiger partial charge in [0.1, 0.15) is 0 Å². The fourth-order valence-electron chi connectivity index (χ4n) is 2.07. The fourth-order valence-corrected chi connectivity index (χ4v) is 2.07. The van der Waals surface area contributed by atoms with E-state index in [1.165, 1.54) is 0 Å². The first-order chi connectivity index (χ1) is 7.00. The van der Waals surface area contributed by atoms with Gasteiger partial charge in [0.25, 0.3) is 0 Å². The third-order valence-corrected chi connectivity index (χ3v) is 2.80. The second-order valence-corrected chi connectivity index (χ2v) is 3.85.